The van der Waals surface area contributed by atoms with E-state index in [1.807, 2.05) is 18.2 Å². The van der Waals surface area contributed by atoms with E-state index in [-0.39, 0.29) is 5.92 Å². The van der Waals surface area contributed by atoms with Crippen molar-refractivity contribution in [3.63, 3.8) is 0 Å². The highest BCUT2D eigenvalue weighted by Gasteiger charge is 2.36. The normalized spacial score (nSPS) is 31.5. The summed E-state index contributed by atoms with van der Waals surface area (Å²) in [6.45, 7) is 3.33. The number of benzene rings is 1. The van der Waals surface area contributed by atoms with Gasteiger partial charge in [0.25, 0.3) is 0 Å². The smallest absolute Gasteiger partial charge is 0.113 e. The van der Waals surface area contributed by atoms with E-state index in [1.165, 1.54) is 5.56 Å². The highest BCUT2D eigenvalue weighted by Crippen LogP contribution is 2.30. The largest absolute Gasteiger partial charge is 0.316 e. The van der Waals surface area contributed by atoms with Gasteiger partial charge in [0.15, 0.2) is 0 Å². The van der Waals surface area contributed by atoms with Crippen LogP contribution in [0, 0.1) is 5.92 Å². The molecule has 1 nitrogen and oxygen atoms in total. The van der Waals surface area contributed by atoms with E-state index in [2.05, 4.69) is 17.4 Å². The Hall–Kier alpha value is -0.890. The van der Waals surface area contributed by atoms with Crippen LogP contribution in [-0.4, -0.2) is 18.8 Å². The Morgan fingerprint density at radius 1 is 1.40 bits per heavy atom. The standard InChI is InChI=1S/C13H18FN/c1-13(14)7-8-15-10-12(13)9-11-5-3-2-4-6-11/h2-6,12,15H,7-10H2,1H3. The molecule has 82 valence electrons. The van der Waals surface area contributed by atoms with Crippen LogP contribution in [0.3, 0.4) is 0 Å². The van der Waals surface area contributed by atoms with Gasteiger partial charge < -0.3 is 5.32 Å². The van der Waals surface area contributed by atoms with Crippen LogP contribution in [0.4, 0.5) is 4.39 Å². The Labute approximate surface area is 90.7 Å². The number of halogens is 1. The molecule has 0 aliphatic carbocycles. The molecule has 0 bridgehead atoms. The Kier molecular flexibility index (Phi) is 3.06. The summed E-state index contributed by atoms with van der Waals surface area (Å²) in [5.41, 5.74) is 0.219. The first-order chi connectivity index (χ1) is 7.18. The molecule has 1 saturated heterocycles. The van der Waals surface area contributed by atoms with Crippen molar-refractivity contribution >= 4 is 0 Å². The monoisotopic (exact) mass is 207 g/mol. The van der Waals surface area contributed by atoms with Gasteiger partial charge in [0, 0.05) is 12.5 Å². The van der Waals surface area contributed by atoms with Crippen LogP contribution in [0.15, 0.2) is 30.3 Å². The molecule has 0 aromatic heterocycles. The number of rotatable bonds is 2. The SMILES string of the molecule is CC1(F)CCNCC1Cc1ccccc1. The molecule has 2 heteroatoms. The third kappa shape index (κ3) is 2.57. The molecule has 1 aromatic rings. The van der Waals surface area contributed by atoms with Gasteiger partial charge >= 0.3 is 0 Å². The second-order valence-corrected chi connectivity index (χ2v) is 4.62. The molecule has 1 N–H and O–H groups in total. The molecule has 15 heavy (non-hydrogen) atoms. The molecular weight excluding hydrogens is 189 g/mol. The van der Waals surface area contributed by atoms with Crippen molar-refractivity contribution in [3.05, 3.63) is 35.9 Å². The summed E-state index contributed by atoms with van der Waals surface area (Å²) >= 11 is 0. The van der Waals surface area contributed by atoms with E-state index in [1.54, 1.807) is 6.92 Å². The van der Waals surface area contributed by atoms with E-state index < -0.39 is 5.67 Å². The van der Waals surface area contributed by atoms with Gasteiger partial charge in [-0.25, -0.2) is 4.39 Å². The fourth-order valence-electron chi connectivity index (χ4n) is 2.21. The van der Waals surface area contributed by atoms with Gasteiger partial charge in [-0.2, -0.15) is 0 Å². The Bertz CT molecular complexity index is 308. The maximum absolute atomic E-state index is 14.2. The molecule has 2 atom stereocenters. The predicted molar refractivity (Wildman–Crippen MR) is 60.6 cm³/mol. The lowest BCUT2D eigenvalue weighted by Gasteiger charge is -2.35. The van der Waals surface area contributed by atoms with Crippen molar-refractivity contribution in [2.24, 2.45) is 5.92 Å². The Morgan fingerprint density at radius 2 is 2.13 bits per heavy atom. The van der Waals surface area contributed by atoms with E-state index >= 15 is 0 Å². The average Bonchev–Trinajstić information content (AvgIpc) is 2.23. The van der Waals surface area contributed by atoms with Crippen LogP contribution in [0.2, 0.25) is 0 Å². The second kappa shape index (κ2) is 4.31. The zero-order chi connectivity index (χ0) is 10.7. The third-order valence-corrected chi connectivity index (χ3v) is 3.36. The molecule has 0 saturated carbocycles. The van der Waals surface area contributed by atoms with Crippen molar-refractivity contribution < 1.29 is 4.39 Å². The minimum atomic E-state index is -1.01. The summed E-state index contributed by atoms with van der Waals surface area (Å²) in [6, 6.07) is 10.2. The van der Waals surface area contributed by atoms with E-state index in [0.717, 1.165) is 19.5 Å². The van der Waals surface area contributed by atoms with Crippen LogP contribution in [0.25, 0.3) is 0 Å². The minimum absolute atomic E-state index is 0.105. The lowest BCUT2D eigenvalue weighted by Crippen LogP contribution is -2.46. The lowest BCUT2D eigenvalue weighted by atomic mass is 9.81. The van der Waals surface area contributed by atoms with Gasteiger partial charge in [0.1, 0.15) is 5.67 Å². The molecular formula is C13H18FN. The molecule has 1 aromatic carbocycles. The molecule has 0 radical (unpaired) electrons. The molecule has 1 aliphatic rings. The molecule has 0 amide bonds. The Balaban J connectivity index is 2.05. The van der Waals surface area contributed by atoms with Crippen molar-refractivity contribution in [1.82, 2.24) is 5.32 Å². The minimum Gasteiger partial charge on any atom is -0.316 e. The van der Waals surface area contributed by atoms with E-state index in [9.17, 15) is 4.39 Å². The summed E-state index contributed by atoms with van der Waals surface area (Å²) in [5.74, 6) is 0.105. The number of alkyl halides is 1. The van der Waals surface area contributed by atoms with Gasteiger partial charge in [-0.15, -0.1) is 0 Å². The maximum Gasteiger partial charge on any atom is 0.113 e. The first kappa shape index (κ1) is 10.6. The highest BCUT2D eigenvalue weighted by atomic mass is 19.1. The predicted octanol–water partition coefficient (Wildman–Crippen LogP) is 2.57. The van der Waals surface area contributed by atoms with Crippen molar-refractivity contribution in [2.45, 2.75) is 25.4 Å². The van der Waals surface area contributed by atoms with Gasteiger partial charge in [-0.05, 0) is 31.9 Å². The third-order valence-electron chi connectivity index (χ3n) is 3.36. The van der Waals surface area contributed by atoms with E-state index in [4.69, 9.17) is 0 Å². The average molecular weight is 207 g/mol. The van der Waals surface area contributed by atoms with Crippen LogP contribution in [-0.2, 0) is 6.42 Å². The molecule has 1 heterocycles. The molecule has 0 spiro atoms. The summed E-state index contributed by atoms with van der Waals surface area (Å²) in [5, 5.41) is 3.27. The van der Waals surface area contributed by atoms with Gasteiger partial charge in [0.05, 0.1) is 0 Å². The van der Waals surface area contributed by atoms with Crippen LogP contribution >= 0.6 is 0 Å². The number of hydrogen-bond acceptors (Lipinski definition) is 1. The fourth-order valence-corrected chi connectivity index (χ4v) is 2.21. The topological polar surface area (TPSA) is 12.0 Å². The van der Waals surface area contributed by atoms with Crippen LogP contribution < -0.4 is 5.32 Å². The number of piperidine rings is 1. The summed E-state index contributed by atoms with van der Waals surface area (Å²) in [7, 11) is 0. The van der Waals surface area contributed by atoms with Gasteiger partial charge in [-0.3, -0.25) is 0 Å². The number of hydrogen-bond donors (Lipinski definition) is 1. The number of nitrogens with one attached hydrogen (secondary N) is 1. The van der Waals surface area contributed by atoms with Crippen molar-refractivity contribution in [1.29, 1.82) is 0 Å². The first-order valence-corrected chi connectivity index (χ1v) is 5.62. The first-order valence-electron chi connectivity index (χ1n) is 5.62. The highest BCUT2D eigenvalue weighted by molar-refractivity contribution is 5.16. The van der Waals surface area contributed by atoms with Crippen molar-refractivity contribution in [2.75, 3.05) is 13.1 Å². The summed E-state index contributed by atoms with van der Waals surface area (Å²) < 4.78 is 14.2. The van der Waals surface area contributed by atoms with Crippen LogP contribution in [0.1, 0.15) is 18.9 Å². The molecule has 1 aliphatic heterocycles. The van der Waals surface area contributed by atoms with Crippen molar-refractivity contribution in [3.8, 4) is 0 Å². The zero-order valence-corrected chi connectivity index (χ0v) is 9.17. The molecule has 2 unspecified atom stereocenters. The lowest BCUT2D eigenvalue weighted by molar-refractivity contribution is 0.0676. The van der Waals surface area contributed by atoms with Gasteiger partial charge in [0.2, 0.25) is 0 Å². The van der Waals surface area contributed by atoms with E-state index in [0.29, 0.717) is 6.42 Å². The fraction of sp³-hybridized carbons (Fsp3) is 0.538. The maximum atomic E-state index is 14.2. The molecule has 1 fully saturated rings. The summed E-state index contributed by atoms with van der Waals surface area (Å²) in [4.78, 5) is 0. The summed E-state index contributed by atoms with van der Waals surface area (Å²) in [6.07, 6.45) is 1.46. The zero-order valence-electron chi connectivity index (χ0n) is 9.17. The Morgan fingerprint density at radius 3 is 2.80 bits per heavy atom. The van der Waals surface area contributed by atoms with Gasteiger partial charge in [-0.1, -0.05) is 30.3 Å². The quantitative estimate of drug-likeness (QED) is 0.786. The second-order valence-electron chi connectivity index (χ2n) is 4.62. The molecule has 2 rings (SSSR count). The van der Waals surface area contributed by atoms with Crippen LogP contribution in [0.5, 0.6) is 0 Å².